The Morgan fingerprint density at radius 3 is 2.81 bits per heavy atom. The Morgan fingerprint density at radius 2 is 2.00 bits per heavy atom. The maximum atomic E-state index is 12.2. The van der Waals surface area contributed by atoms with E-state index in [1.807, 2.05) is 68.2 Å². The van der Waals surface area contributed by atoms with Gasteiger partial charge < -0.3 is 14.9 Å². The van der Waals surface area contributed by atoms with E-state index < -0.39 is 0 Å². The van der Waals surface area contributed by atoms with Gasteiger partial charge in [-0.15, -0.1) is 0 Å². The number of aromatic nitrogens is 7. The molecule has 0 aliphatic carbocycles. The number of amides is 1. The van der Waals surface area contributed by atoms with Crippen LogP contribution in [0, 0.1) is 12.8 Å². The first kappa shape index (κ1) is 22.7. The molecule has 1 amide bonds. The number of imidazole rings is 1. The van der Waals surface area contributed by atoms with Crippen LogP contribution in [0.3, 0.4) is 0 Å². The van der Waals surface area contributed by atoms with Crippen molar-refractivity contribution in [1.29, 1.82) is 0 Å². The van der Waals surface area contributed by atoms with E-state index in [2.05, 4.69) is 42.6 Å². The fourth-order valence-electron chi connectivity index (χ4n) is 4.52. The van der Waals surface area contributed by atoms with Crippen molar-refractivity contribution in [3.05, 3.63) is 73.1 Å². The molecule has 0 saturated carbocycles. The summed E-state index contributed by atoms with van der Waals surface area (Å²) in [4.78, 5) is 29.3. The zero-order valence-electron chi connectivity index (χ0n) is 20.8. The number of benzene rings is 1. The molecule has 0 aliphatic rings. The normalized spacial score (nSPS) is 11.6. The van der Waals surface area contributed by atoms with Gasteiger partial charge in [-0.05, 0) is 49.2 Å². The Morgan fingerprint density at radius 1 is 1.11 bits per heavy atom. The molecular formula is C28H26N8O. The third kappa shape index (κ3) is 4.35. The van der Waals surface area contributed by atoms with Gasteiger partial charge >= 0.3 is 0 Å². The molecule has 0 fully saturated rings. The van der Waals surface area contributed by atoms with Crippen LogP contribution in [0.25, 0.3) is 50.3 Å². The number of aromatic amines is 2. The van der Waals surface area contributed by atoms with E-state index in [1.54, 1.807) is 12.4 Å². The molecule has 0 radical (unpaired) electrons. The smallest absolute Gasteiger partial charge is 0.224 e. The van der Waals surface area contributed by atoms with E-state index in [0.29, 0.717) is 12.1 Å². The van der Waals surface area contributed by atoms with Gasteiger partial charge in [0.25, 0.3) is 0 Å². The average Bonchev–Trinajstić information content (AvgIpc) is 3.60. The zero-order chi connectivity index (χ0) is 25.5. The fraction of sp³-hybridized carbons (Fsp3) is 0.179. The molecule has 37 heavy (non-hydrogen) atoms. The lowest BCUT2D eigenvalue weighted by atomic mass is 10.1. The number of H-pyrrole nitrogens is 2. The van der Waals surface area contributed by atoms with E-state index in [9.17, 15) is 4.79 Å². The molecule has 1 aromatic carbocycles. The molecule has 0 unspecified atom stereocenters. The number of nitrogens with one attached hydrogen (secondary N) is 3. The summed E-state index contributed by atoms with van der Waals surface area (Å²) in [6, 6.07) is 14.0. The summed E-state index contributed by atoms with van der Waals surface area (Å²) >= 11 is 0. The largest absolute Gasteiger partial charge is 0.353 e. The molecule has 9 nitrogen and oxygen atoms in total. The van der Waals surface area contributed by atoms with Crippen LogP contribution >= 0.6 is 0 Å². The molecule has 184 valence electrons. The molecule has 0 aliphatic heterocycles. The van der Waals surface area contributed by atoms with Crippen molar-refractivity contribution in [2.24, 2.45) is 5.92 Å². The van der Waals surface area contributed by atoms with Crippen molar-refractivity contribution in [3.63, 3.8) is 0 Å². The van der Waals surface area contributed by atoms with Crippen LogP contribution in [-0.2, 0) is 4.79 Å². The highest BCUT2D eigenvalue weighted by Crippen LogP contribution is 2.32. The topological polar surface area (TPSA) is 117 Å². The van der Waals surface area contributed by atoms with Gasteiger partial charge in [-0.1, -0.05) is 19.9 Å². The molecule has 9 heteroatoms. The fourth-order valence-corrected chi connectivity index (χ4v) is 4.52. The summed E-state index contributed by atoms with van der Waals surface area (Å²) in [6.07, 6.45) is 7.68. The van der Waals surface area contributed by atoms with Gasteiger partial charge in [0, 0.05) is 35.3 Å². The number of hydrogen-bond donors (Lipinski definition) is 3. The maximum absolute atomic E-state index is 12.2. The van der Waals surface area contributed by atoms with Crippen molar-refractivity contribution in [1.82, 2.24) is 34.7 Å². The number of hydrogen-bond acceptors (Lipinski definition) is 5. The first-order valence-electron chi connectivity index (χ1n) is 12.2. The highest BCUT2D eigenvalue weighted by molar-refractivity contribution is 5.97. The Bertz CT molecular complexity index is 1760. The van der Waals surface area contributed by atoms with Crippen LogP contribution in [0.5, 0.6) is 0 Å². The quantitative estimate of drug-likeness (QED) is 0.279. The molecule has 5 aromatic heterocycles. The molecule has 6 aromatic rings. The standard InChI is InChI=1S/C28H26N8O/c1-16(2)9-26(37)31-19-10-18(12-29-13-19)21-7-8-23-27(33-21)28(35-34-23)24-11-20-22(32-24)5-4-6-25(20)36-14-17(3)30-15-36/h4-8,10-16,32H,9H2,1-3H3,(H,31,37)(H,34,35). The lowest BCUT2D eigenvalue weighted by Gasteiger charge is -2.08. The second-order valence-electron chi connectivity index (χ2n) is 9.62. The highest BCUT2D eigenvalue weighted by Gasteiger charge is 2.16. The van der Waals surface area contributed by atoms with E-state index in [-0.39, 0.29) is 11.8 Å². The summed E-state index contributed by atoms with van der Waals surface area (Å²) in [5.41, 5.74) is 8.38. The number of carbonyl (C=O) groups is 1. The lowest BCUT2D eigenvalue weighted by Crippen LogP contribution is -2.13. The minimum Gasteiger partial charge on any atom is -0.353 e. The van der Waals surface area contributed by atoms with E-state index in [4.69, 9.17) is 4.98 Å². The molecule has 0 atom stereocenters. The number of carbonyl (C=O) groups excluding carboxylic acids is 1. The zero-order valence-corrected chi connectivity index (χ0v) is 20.8. The maximum Gasteiger partial charge on any atom is 0.224 e. The van der Waals surface area contributed by atoms with Crippen LogP contribution < -0.4 is 5.32 Å². The third-order valence-corrected chi connectivity index (χ3v) is 6.21. The first-order chi connectivity index (χ1) is 17.9. The number of pyridine rings is 2. The van der Waals surface area contributed by atoms with Gasteiger partial charge in [-0.25, -0.2) is 9.97 Å². The summed E-state index contributed by atoms with van der Waals surface area (Å²) in [5, 5.41) is 11.7. The van der Waals surface area contributed by atoms with E-state index in [1.165, 1.54) is 0 Å². The molecule has 6 rings (SSSR count). The lowest BCUT2D eigenvalue weighted by molar-refractivity contribution is -0.116. The molecule has 0 bridgehead atoms. The van der Waals surface area contributed by atoms with Gasteiger partial charge in [0.1, 0.15) is 11.2 Å². The van der Waals surface area contributed by atoms with Crippen molar-refractivity contribution < 1.29 is 4.79 Å². The van der Waals surface area contributed by atoms with Crippen LogP contribution in [0.2, 0.25) is 0 Å². The Labute approximate surface area is 213 Å². The Balaban J connectivity index is 1.38. The summed E-state index contributed by atoms with van der Waals surface area (Å²) < 4.78 is 2.02. The molecular weight excluding hydrogens is 464 g/mol. The average molecular weight is 491 g/mol. The second-order valence-corrected chi connectivity index (χ2v) is 9.62. The first-order valence-corrected chi connectivity index (χ1v) is 12.2. The minimum atomic E-state index is -0.0292. The monoisotopic (exact) mass is 490 g/mol. The van der Waals surface area contributed by atoms with Crippen molar-refractivity contribution >= 4 is 33.5 Å². The van der Waals surface area contributed by atoms with Crippen LogP contribution in [0.15, 0.2) is 67.4 Å². The predicted molar refractivity (Wildman–Crippen MR) is 144 cm³/mol. The molecule has 3 N–H and O–H groups in total. The van der Waals surface area contributed by atoms with Crippen LogP contribution in [-0.4, -0.2) is 40.6 Å². The molecule has 0 spiro atoms. The molecule has 5 heterocycles. The van der Waals surface area contributed by atoms with Gasteiger partial charge in [0.15, 0.2) is 0 Å². The number of fused-ring (bicyclic) bond motifs is 2. The van der Waals surface area contributed by atoms with Crippen LogP contribution in [0.1, 0.15) is 26.0 Å². The van der Waals surface area contributed by atoms with Gasteiger partial charge in [-0.3, -0.25) is 14.9 Å². The third-order valence-electron chi connectivity index (χ3n) is 6.21. The molecule has 0 saturated heterocycles. The summed E-state index contributed by atoms with van der Waals surface area (Å²) in [7, 11) is 0. The van der Waals surface area contributed by atoms with E-state index in [0.717, 1.165) is 56.0 Å². The Kier molecular flexibility index (Phi) is 5.52. The number of nitrogens with zero attached hydrogens (tertiary/aromatic N) is 5. The van der Waals surface area contributed by atoms with Crippen LogP contribution in [0.4, 0.5) is 5.69 Å². The Hall–Kier alpha value is -4.79. The highest BCUT2D eigenvalue weighted by atomic mass is 16.1. The van der Waals surface area contributed by atoms with Crippen molar-refractivity contribution in [2.45, 2.75) is 27.2 Å². The predicted octanol–water partition coefficient (Wildman–Crippen LogP) is 5.65. The SMILES string of the molecule is Cc1cn(-c2cccc3[nH]c(-c4n[nH]c5ccc(-c6cncc(NC(=O)CC(C)C)c6)nc45)cc23)cn1. The van der Waals surface area contributed by atoms with E-state index >= 15 is 0 Å². The number of anilines is 1. The summed E-state index contributed by atoms with van der Waals surface area (Å²) in [5.74, 6) is 0.253. The number of rotatable bonds is 6. The second kappa shape index (κ2) is 9.02. The van der Waals surface area contributed by atoms with Gasteiger partial charge in [-0.2, -0.15) is 5.10 Å². The van der Waals surface area contributed by atoms with Gasteiger partial charge in [0.2, 0.25) is 5.91 Å². The van der Waals surface area contributed by atoms with Crippen molar-refractivity contribution in [3.8, 4) is 28.3 Å². The minimum absolute atomic E-state index is 0.0292. The number of aryl methyl sites for hydroxylation is 1. The van der Waals surface area contributed by atoms with Gasteiger partial charge in [0.05, 0.1) is 46.5 Å². The summed E-state index contributed by atoms with van der Waals surface area (Å²) in [6.45, 7) is 6.01. The van der Waals surface area contributed by atoms with Crippen molar-refractivity contribution in [2.75, 3.05) is 5.32 Å².